The van der Waals surface area contributed by atoms with Crippen LogP contribution in [0.1, 0.15) is 32.6 Å². The van der Waals surface area contributed by atoms with Crippen LogP contribution in [-0.2, 0) is 16.5 Å². The molecule has 0 saturated carbocycles. The van der Waals surface area contributed by atoms with Crippen LogP contribution in [0.2, 0.25) is 0 Å². The minimum atomic E-state index is -4.41. The van der Waals surface area contributed by atoms with E-state index in [0.717, 1.165) is 11.6 Å². The van der Waals surface area contributed by atoms with Crippen molar-refractivity contribution in [1.82, 2.24) is 0 Å². The maximum atomic E-state index is 12.9. The number of allylic oxidation sites excluding steroid dienone is 1. The monoisotopic (exact) mass is 392 g/mol. The van der Waals surface area contributed by atoms with Crippen LogP contribution in [-0.4, -0.2) is 29.7 Å². The molecule has 0 aliphatic heterocycles. The zero-order chi connectivity index (χ0) is 20.5. The molecule has 0 bridgehead atoms. The number of carboxylic acid groups (broad SMARTS) is 1. The molecule has 7 nitrogen and oxygen atoms in total. The van der Waals surface area contributed by atoms with Gasteiger partial charge in [0.1, 0.15) is 4.90 Å². The van der Waals surface area contributed by atoms with Gasteiger partial charge in [-0.1, -0.05) is 23.8 Å². The van der Waals surface area contributed by atoms with Crippen LogP contribution in [0.5, 0.6) is 17.2 Å². The molecule has 0 fully saturated rings. The zero-order valence-corrected chi connectivity index (χ0v) is 15.9. The molecule has 0 aliphatic carbocycles. The molecule has 2 rings (SSSR count). The second-order valence-corrected chi connectivity index (χ2v) is 7.65. The zero-order valence-electron chi connectivity index (χ0n) is 15.1. The van der Waals surface area contributed by atoms with Crippen LogP contribution in [0.4, 0.5) is 0 Å². The van der Waals surface area contributed by atoms with Crippen LogP contribution in [0.3, 0.4) is 0 Å². The lowest BCUT2D eigenvalue weighted by molar-refractivity contribution is 0.0695. The molecule has 3 N–H and O–H groups in total. The molecule has 8 heteroatoms. The summed E-state index contributed by atoms with van der Waals surface area (Å²) in [6.45, 7) is 8.53. The molecule has 0 spiro atoms. The fourth-order valence-electron chi connectivity index (χ4n) is 3.01. The van der Waals surface area contributed by atoms with Gasteiger partial charge in [0.15, 0.2) is 11.5 Å². The number of phenols is 2. The first-order valence-corrected chi connectivity index (χ1v) is 9.34. The Morgan fingerprint density at radius 1 is 1.15 bits per heavy atom. The number of rotatable bonds is 6. The molecule has 0 saturated heterocycles. The molecule has 27 heavy (non-hydrogen) atoms. The maximum absolute atomic E-state index is 12.9. The summed E-state index contributed by atoms with van der Waals surface area (Å²) in [5, 5.41) is 29.3. The van der Waals surface area contributed by atoms with Gasteiger partial charge in [0.2, 0.25) is 5.75 Å². The van der Waals surface area contributed by atoms with E-state index in [1.807, 2.05) is 6.92 Å². The van der Waals surface area contributed by atoms with Gasteiger partial charge in [-0.2, -0.15) is 8.42 Å². The van der Waals surface area contributed by atoms with E-state index in [9.17, 15) is 28.5 Å². The normalized spacial score (nSPS) is 11.2. The van der Waals surface area contributed by atoms with Crippen molar-refractivity contribution in [2.24, 2.45) is 0 Å². The molecule has 0 heterocycles. The lowest BCUT2D eigenvalue weighted by Gasteiger charge is -2.17. The number of phenolic OH excluding ortho intramolecular Hbond substituents is 2. The van der Waals surface area contributed by atoms with E-state index in [1.165, 1.54) is 6.08 Å². The number of carboxylic acids is 1. The first-order valence-electron chi connectivity index (χ1n) is 7.94. The van der Waals surface area contributed by atoms with Crippen LogP contribution in [0.25, 0.3) is 0 Å². The highest BCUT2D eigenvalue weighted by molar-refractivity contribution is 7.87. The van der Waals surface area contributed by atoms with Crippen LogP contribution in [0, 0.1) is 20.8 Å². The van der Waals surface area contributed by atoms with Crippen LogP contribution < -0.4 is 4.18 Å². The number of aryl methyl sites for hydroxylation is 3. The van der Waals surface area contributed by atoms with Crippen molar-refractivity contribution in [1.29, 1.82) is 0 Å². The summed E-state index contributed by atoms with van der Waals surface area (Å²) >= 11 is 0. The van der Waals surface area contributed by atoms with E-state index < -0.39 is 38.9 Å². The third kappa shape index (κ3) is 3.90. The Morgan fingerprint density at radius 3 is 2.19 bits per heavy atom. The van der Waals surface area contributed by atoms with Crippen molar-refractivity contribution < 1.29 is 32.7 Å². The van der Waals surface area contributed by atoms with Gasteiger partial charge < -0.3 is 19.5 Å². The molecule has 0 amide bonds. The first-order chi connectivity index (χ1) is 12.5. The van der Waals surface area contributed by atoms with Crippen molar-refractivity contribution in [3.8, 4) is 17.2 Å². The van der Waals surface area contributed by atoms with Gasteiger partial charge in [-0.25, -0.2) is 4.79 Å². The van der Waals surface area contributed by atoms with E-state index in [-0.39, 0.29) is 16.9 Å². The summed E-state index contributed by atoms with van der Waals surface area (Å²) in [5.41, 5.74) is 1.24. The largest absolute Gasteiger partial charge is 0.504 e. The third-order valence-electron chi connectivity index (χ3n) is 3.96. The van der Waals surface area contributed by atoms with E-state index in [4.69, 9.17) is 4.18 Å². The number of aromatic hydroxyl groups is 2. The average Bonchev–Trinajstić information content (AvgIpc) is 2.52. The van der Waals surface area contributed by atoms with Gasteiger partial charge in [-0.3, -0.25) is 0 Å². The highest BCUT2D eigenvalue weighted by Gasteiger charge is 2.29. The molecule has 2 aromatic carbocycles. The van der Waals surface area contributed by atoms with Crippen molar-refractivity contribution >= 4 is 16.1 Å². The Labute approximate surface area is 157 Å². The van der Waals surface area contributed by atoms with Gasteiger partial charge in [0, 0.05) is 5.56 Å². The van der Waals surface area contributed by atoms with E-state index in [0.29, 0.717) is 11.1 Å². The number of hydrogen-bond donors (Lipinski definition) is 3. The number of benzene rings is 2. The van der Waals surface area contributed by atoms with Gasteiger partial charge in [-0.15, -0.1) is 6.58 Å². The molecule has 0 aliphatic rings. The van der Waals surface area contributed by atoms with Crippen molar-refractivity contribution in [3.63, 3.8) is 0 Å². The van der Waals surface area contributed by atoms with Crippen molar-refractivity contribution in [2.45, 2.75) is 32.1 Å². The molecule has 0 radical (unpaired) electrons. The van der Waals surface area contributed by atoms with Gasteiger partial charge in [0.05, 0.1) is 5.56 Å². The Morgan fingerprint density at radius 2 is 1.70 bits per heavy atom. The summed E-state index contributed by atoms with van der Waals surface area (Å²) in [7, 11) is -4.41. The highest BCUT2D eigenvalue weighted by atomic mass is 32.2. The third-order valence-corrected chi connectivity index (χ3v) is 5.49. The van der Waals surface area contributed by atoms with Crippen molar-refractivity contribution in [2.75, 3.05) is 0 Å². The van der Waals surface area contributed by atoms with E-state index >= 15 is 0 Å². The van der Waals surface area contributed by atoms with Crippen LogP contribution >= 0.6 is 0 Å². The van der Waals surface area contributed by atoms with Gasteiger partial charge >= 0.3 is 16.1 Å². The molecule has 2 aromatic rings. The summed E-state index contributed by atoms with van der Waals surface area (Å²) in [5.74, 6) is -3.70. The quantitative estimate of drug-likeness (QED) is 0.392. The molecule has 0 aromatic heterocycles. The Bertz CT molecular complexity index is 1010. The topological polar surface area (TPSA) is 121 Å². The molecule has 0 atom stereocenters. The number of hydrogen-bond acceptors (Lipinski definition) is 6. The highest BCUT2D eigenvalue weighted by Crippen LogP contribution is 2.42. The SMILES string of the molecule is C=CCc1c(C(=O)O)cc(O)c(O)c1OS(=O)(=O)c1c(C)cc(C)cc1C. The Kier molecular flexibility index (Phi) is 5.51. The van der Waals surface area contributed by atoms with E-state index in [2.05, 4.69) is 6.58 Å². The minimum absolute atomic E-state index is 0.0859. The Hall–Kier alpha value is -3.00. The summed E-state index contributed by atoms with van der Waals surface area (Å²) < 4.78 is 30.9. The van der Waals surface area contributed by atoms with E-state index in [1.54, 1.807) is 26.0 Å². The standard InChI is InChI=1S/C19H20O7S/c1-5-6-13-14(19(22)23)9-15(20)16(21)17(13)26-27(24,25)18-11(3)7-10(2)8-12(18)4/h5,7-9,20-21H,1,6H2,2-4H3,(H,22,23). The predicted octanol–water partition coefficient (Wildman–Crippen LogP) is 3.22. The molecule has 144 valence electrons. The second kappa shape index (κ2) is 7.32. The molecule has 0 unspecified atom stereocenters. The number of aromatic carboxylic acids is 1. The summed E-state index contributed by atoms with van der Waals surface area (Å²) in [6, 6.07) is 4.16. The van der Waals surface area contributed by atoms with Gasteiger partial charge in [-0.05, 0) is 44.4 Å². The fourth-order valence-corrected chi connectivity index (χ4v) is 4.40. The Balaban J connectivity index is 2.73. The summed E-state index contributed by atoms with van der Waals surface area (Å²) in [6.07, 6.45) is 1.24. The first kappa shape index (κ1) is 20.3. The fraction of sp³-hybridized carbons (Fsp3) is 0.211. The molecular formula is C19H20O7S. The smallest absolute Gasteiger partial charge is 0.339 e. The minimum Gasteiger partial charge on any atom is -0.504 e. The molecular weight excluding hydrogens is 372 g/mol. The number of carbonyl (C=O) groups is 1. The van der Waals surface area contributed by atoms with Crippen LogP contribution in [0.15, 0.2) is 35.7 Å². The summed E-state index contributed by atoms with van der Waals surface area (Å²) in [4.78, 5) is 11.4. The lowest BCUT2D eigenvalue weighted by atomic mass is 10.0. The maximum Gasteiger partial charge on any atom is 0.339 e. The second-order valence-electron chi connectivity index (χ2n) is 6.16. The lowest BCUT2D eigenvalue weighted by Crippen LogP contribution is -2.15. The predicted molar refractivity (Wildman–Crippen MR) is 99.1 cm³/mol. The average molecular weight is 392 g/mol. The van der Waals surface area contributed by atoms with Gasteiger partial charge in [0.25, 0.3) is 0 Å². The van der Waals surface area contributed by atoms with Crippen molar-refractivity contribution in [3.05, 3.63) is 58.7 Å².